The molecule has 4 heterocycles. The second-order valence-corrected chi connectivity index (χ2v) is 12.9. The number of rotatable bonds is 4. The first kappa shape index (κ1) is 25.1. The van der Waals surface area contributed by atoms with Gasteiger partial charge in [0, 0.05) is 52.7 Å². The number of hydrogen-bond donors (Lipinski definition) is 1. The highest BCUT2D eigenvalue weighted by molar-refractivity contribution is 6.32. The van der Waals surface area contributed by atoms with Crippen LogP contribution in [0, 0.1) is 0 Å². The lowest BCUT2D eigenvalue weighted by Crippen LogP contribution is -2.40. The number of anilines is 2. The van der Waals surface area contributed by atoms with Crippen molar-refractivity contribution >= 4 is 34.3 Å². The summed E-state index contributed by atoms with van der Waals surface area (Å²) in [7, 11) is 2.13. The van der Waals surface area contributed by atoms with Gasteiger partial charge in [-0.15, -0.1) is 0 Å². The van der Waals surface area contributed by atoms with Gasteiger partial charge in [0.25, 0.3) is 5.56 Å². The molecule has 0 atom stereocenters. The third-order valence-electron chi connectivity index (χ3n) is 7.48. The van der Waals surface area contributed by atoms with Crippen molar-refractivity contribution in [3.63, 3.8) is 0 Å². The van der Waals surface area contributed by atoms with Gasteiger partial charge >= 0.3 is 0 Å². The Hall–Kier alpha value is -3.23. The molecule has 8 nitrogen and oxygen atoms in total. The van der Waals surface area contributed by atoms with Crippen molar-refractivity contribution in [2.45, 2.75) is 70.9 Å². The van der Waals surface area contributed by atoms with E-state index < -0.39 is 0 Å². The highest BCUT2D eigenvalue weighted by Crippen LogP contribution is 2.40. The molecular formula is C29H34ClN7O. The lowest BCUT2D eigenvalue weighted by atomic mass is 9.78. The minimum absolute atomic E-state index is 0.0361. The Morgan fingerprint density at radius 1 is 1.13 bits per heavy atom. The predicted molar refractivity (Wildman–Crippen MR) is 152 cm³/mol. The van der Waals surface area contributed by atoms with Crippen LogP contribution < -0.4 is 10.9 Å². The van der Waals surface area contributed by atoms with Crippen LogP contribution in [0.2, 0.25) is 5.02 Å². The minimum Gasteiger partial charge on any atom is -0.324 e. The van der Waals surface area contributed by atoms with E-state index in [1.807, 2.05) is 21.5 Å². The van der Waals surface area contributed by atoms with E-state index in [4.69, 9.17) is 16.6 Å². The number of likely N-dealkylation sites (N-methyl/N-ethyl adjacent to an activating group) is 1. The van der Waals surface area contributed by atoms with Crippen LogP contribution in [0.1, 0.15) is 70.3 Å². The number of hydrogen-bond acceptors (Lipinski definition) is 6. The number of benzene rings is 1. The summed E-state index contributed by atoms with van der Waals surface area (Å²) in [5.41, 5.74) is 5.40. The molecule has 0 bridgehead atoms. The van der Waals surface area contributed by atoms with E-state index in [0.717, 1.165) is 48.0 Å². The highest BCUT2D eigenvalue weighted by atomic mass is 35.5. The van der Waals surface area contributed by atoms with Gasteiger partial charge in [0.1, 0.15) is 5.39 Å². The number of nitrogens with zero attached hydrogens (tertiary/aromatic N) is 6. The number of halogens is 1. The summed E-state index contributed by atoms with van der Waals surface area (Å²) in [6, 6.07) is 8.23. The average molecular weight is 532 g/mol. The van der Waals surface area contributed by atoms with Gasteiger partial charge in [-0.25, -0.2) is 14.3 Å². The Morgan fingerprint density at radius 2 is 1.89 bits per heavy atom. The summed E-state index contributed by atoms with van der Waals surface area (Å²) in [4.78, 5) is 29.7. The molecule has 1 aromatic carbocycles. The molecule has 0 spiro atoms. The maximum Gasteiger partial charge on any atom is 0.278 e. The van der Waals surface area contributed by atoms with Gasteiger partial charge in [0.15, 0.2) is 5.65 Å². The molecule has 1 fully saturated rings. The maximum atomic E-state index is 13.5. The van der Waals surface area contributed by atoms with Gasteiger partial charge in [-0.05, 0) is 55.3 Å². The summed E-state index contributed by atoms with van der Waals surface area (Å²) in [5.74, 6) is 0.420. The zero-order valence-electron chi connectivity index (χ0n) is 22.8. The number of aromatic nitrogens is 5. The van der Waals surface area contributed by atoms with Crippen molar-refractivity contribution in [1.82, 2.24) is 29.2 Å². The molecule has 38 heavy (non-hydrogen) atoms. The smallest absolute Gasteiger partial charge is 0.278 e. The third-order valence-corrected chi connectivity index (χ3v) is 7.78. The highest BCUT2D eigenvalue weighted by Gasteiger charge is 2.33. The molecule has 0 amide bonds. The van der Waals surface area contributed by atoms with E-state index in [1.165, 1.54) is 11.1 Å². The van der Waals surface area contributed by atoms with E-state index in [9.17, 15) is 4.79 Å². The van der Waals surface area contributed by atoms with Gasteiger partial charge in [-0.2, -0.15) is 4.98 Å². The van der Waals surface area contributed by atoms with Crippen LogP contribution in [0.15, 0.2) is 41.5 Å². The van der Waals surface area contributed by atoms with Crippen molar-refractivity contribution < 1.29 is 0 Å². The molecule has 1 N–H and O–H groups in total. The average Bonchev–Trinajstić information content (AvgIpc) is 3.61. The number of nitrogens with one attached hydrogen (secondary N) is 1. The van der Waals surface area contributed by atoms with Crippen LogP contribution in [-0.2, 0) is 17.4 Å². The molecule has 0 saturated heterocycles. The number of fused-ring (bicyclic) bond motifs is 2. The SMILES string of the molecule is CN1Cc2cc(Nc3ncc4c(=O)n(C5CC5)n(-c5ccnc(C(C)(C)C)c5)c4n3)cc(Cl)c2C(C)(C)C1. The van der Waals surface area contributed by atoms with Gasteiger partial charge in [-0.3, -0.25) is 9.78 Å². The van der Waals surface area contributed by atoms with Crippen molar-refractivity contribution in [3.8, 4) is 5.69 Å². The molecule has 0 radical (unpaired) electrons. The summed E-state index contributed by atoms with van der Waals surface area (Å²) in [6.45, 7) is 12.6. The first-order valence-electron chi connectivity index (χ1n) is 13.2. The maximum absolute atomic E-state index is 13.5. The van der Waals surface area contributed by atoms with E-state index in [2.05, 4.69) is 74.0 Å². The lowest BCUT2D eigenvalue weighted by molar-refractivity contribution is 0.236. The second-order valence-electron chi connectivity index (χ2n) is 12.4. The number of pyridine rings is 1. The van der Waals surface area contributed by atoms with Crippen LogP contribution in [0.4, 0.5) is 11.6 Å². The van der Waals surface area contributed by atoms with Crippen LogP contribution in [0.5, 0.6) is 0 Å². The summed E-state index contributed by atoms with van der Waals surface area (Å²) in [5, 5.41) is 4.60. The Labute approximate surface area is 227 Å². The van der Waals surface area contributed by atoms with Crippen molar-refractivity contribution in [1.29, 1.82) is 0 Å². The van der Waals surface area contributed by atoms with Crippen molar-refractivity contribution in [2.24, 2.45) is 0 Å². The minimum atomic E-state index is -0.125. The van der Waals surface area contributed by atoms with Crippen LogP contribution in [-0.4, -0.2) is 42.8 Å². The topological polar surface area (TPSA) is 80.9 Å². The van der Waals surface area contributed by atoms with Gasteiger partial charge in [0.05, 0.1) is 11.7 Å². The Morgan fingerprint density at radius 3 is 2.61 bits per heavy atom. The zero-order valence-corrected chi connectivity index (χ0v) is 23.6. The Balaban J connectivity index is 1.46. The zero-order chi connectivity index (χ0) is 27.0. The summed E-state index contributed by atoms with van der Waals surface area (Å²) < 4.78 is 3.77. The lowest BCUT2D eigenvalue weighted by Gasteiger charge is -2.39. The molecule has 0 unspecified atom stereocenters. The largest absolute Gasteiger partial charge is 0.324 e. The molecule has 3 aromatic heterocycles. The summed E-state index contributed by atoms with van der Waals surface area (Å²) >= 11 is 6.81. The van der Waals surface area contributed by atoms with Gasteiger partial charge in [-0.1, -0.05) is 46.2 Å². The Bertz CT molecular complexity index is 1620. The molecule has 9 heteroatoms. The molecule has 6 rings (SSSR count). The summed E-state index contributed by atoms with van der Waals surface area (Å²) in [6.07, 6.45) is 5.39. The van der Waals surface area contributed by atoms with E-state index in [0.29, 0.717) is 17.0 Å². The molecule has 1 aliphatic heterocycles. The quantitative estimate of drug-likeness (QED) is 0.362. The molecule has 1 saturated carbocycles. The van der Waals surface area contributed by atoms with Crippen LogP contribution in [0.3, 0.4) is 0 Å². The first-order valence-corrected chi connectivity index (χ1v) is 13.6. The standard InChI is InChI=1S/C29H34ClN7O/c1-28(2,3)23-13-20(9-10-31-23)36-25-21(26(38)37(36)19-7-8-19)14-32-27(34-25)33-18-11-17-15-35(6)16-29(4,5)24(17)22(30)12-18/h9-14,19H,7-8,15-16H2,1-6H3,(H,32,33,34). The molecule has 1 aliphatic carbocycles. The van der Waals surface area contributed by atoms with Crippen molar-refractivity contribution in [3.05, 3.63) is 68.9 Å². The second kappa shape index (κ2) is 8.64. The first-order chi connectivity index (χ1) is 17.9. The fourth-order valence-electron chi connectivity index (χ4n) is 5.77. The van der Waals surface area contributed by atoms with Gasteiger partial charge in [0.2, 0.25) is 5.95 Å². The Kier molecular flexibility index (Phi) is 5.70. The molecular weight excluding hydrogens is 498 g/mol. The van der Waals surface area contributed by atoms with Gasteiger partial charge < -0.3 is 10.2 Å². The monoisotopic (exact) mass is 531 g/mol. The predicted octanol–water partition coefficient (Wildman–Crippen LogP) is 5.73. The normalized spacial score (nSPS) is 17.6. The van der Waals surface area contributed by atoms with E-state index >= 15 is 0 Å². The molecule has 4 aromatic rings. The van der Waals surface area contributed by atoms with E-state index in [1.54, 1.807) is 12.4 Å². The molecule has 2 aliphatic rings. The van der Waals surface area contributed by atoms with Crippen LogP contribution >= 0.6 is 11.6 Å². The fraction of sp³-hybridized carbons (Fsp3) is 0.448. The van der Waals surface area contributed by atoms with Crippen LogP contribution in [0.25, 0.3) is 16.7 Å². The van der Waals surface area contributed by atoms with Crippen molar-refractivity contribution in [2.75, 3.05) is 18.9 Å². The molecule has 198 valence electrons. The fourth-order valence-corrected chi connectivity index (χ4v) is 6.26. The third kappa shape index (κ3) is 4.29. The van der Waals surface area contributed by atoms with E-state index in [-0.39, 0.29) is 22.4 Å².